The van der Waals surface area contributed by atoms with Crippen LogP contribution in [-0.2, 0) is 6.42 Å². The van der Waals surface area contributed by atoms with Gasteiger partial charge in [0.2, 0.25) is 0 Å². The molecule has 2 aromatic rings. The predicted octanol–water partition coefficient (Wildman–Crippen LogP) is 4.20. The van der Waals surface area contributed by atoms with Crippen LogP contribution in [0.5, 0.6) is 0 Å². The van der Waals surface area contributed by atoms with Crippen molar-refractivity contribution in [3.63, 3.8) is 0 Å². The number of aliphatic hydroxyl groups excluding tert-OH is 1. The molecule has 1 N–H and O–H groups in total. The fourth-order valence-corrected chi connectivity index (χ4v) is 2.87. The maximum Gasteiger partial charge on any atom is 0.0835 e. The standard InChI is InChI=1S/C18H22O/c1-12-8-13(2)10-16(9-12)11-17(19)18-14(3)6-5-7-15(18)4/h5-10,17,19H,11H2,1-4H3. The van der Waals surface area contributed by atoms with E-state index in [0.29, 0.717) is 6.42 Å². The Morgan fingerprint density at radius 3 is 1.95 bits per heavy atom. The fourth-order valence-electron chi connectivity index (χ4n) is 2.87. The molecule has 0 heterocycles. The largest absolute Gasteiger partial charge is 0.388 e. The van der Waals surface area contributed by atoms with E-state index in [-0.39, 0.29) is 0 Å². The maximum absolute atomic E-state index is 10.5. The Morgan fingerprint density at radius 1 is 0.895 bits per heavy atom. The molecule has 0 saturated heterocycles. The highest BCUT2D eigenvalue weighted by Crippen LogP contribution is 2.25. The molecule has 1 heteroatoms. The number of aliphatic hydroxyl groups is 1. The molecule has 0 aliphatic heterocycles. The van der Waals surface area contributed by atoms with Crippen molar-refractivity contribution in [2.45, 2.75) is 40.2 Å². The van der Waals surface area contributed by atoms with E-state index in [4.69, 9.17) is 0 Å². The van der Waals surface area contributed by atoms with Crippen molar-refractivity contribution in [2.24, 2.45) is 0 Å². The summed E-state index contributed by atoms with van der Waals surface area (Å²) in [4.78, 5) is 0. The molecule has 0 radical (unpaired) electrons. The lowest BCUT2D eigenvalue weighted by Gasteiger charge is -2.17. The van der Waals surface area contributed by atoms with Crippen LogP contribution in [0.3, 0.4) is 0 Å². The quantitative estimate of drug-likeness (QED) is 0.870. The molecule has 2 rings (SSSR count). The summed E-state index contributed by atoms with van der Waals surface area (Å²) in [5.74, 6) is 0. The fraction of sp³-hybridized carbons (Fsp3) is 0.333. The highest BCUT2D eigenvalue weighted by molar-refractivity contribution is 5.37. The van der Waals surface area contributed by atoms with Gasteiger partial charge in [-0.05, 0) is 49.9 Å². The Kier molecular flexibility index (Phi) is 4.06. The Balaban J connectivity index is 2.28. The van der Waals surface area contributed by atoms with E-state index >= 15 is 0 Å². The summed E-state index contributed by atoms with van der Waals surface area (Å²) in [5, 5.41) is 10.5. The van der Waals surface area contributed by atoms with E-state index in [2.05, 4.69) is 58.0 Å². The first-order valence-electron chi connectivity index (χ1n) is 6.78. The summed E-state index contributed by atoms with van der Waals surface area (Å²) in [7, 11) is 0. The molecule has 0 amide bonds. The van der Waals surface area contributed by atoms with Crippen LogP contribution < -0.4 is 0 Å². The second-order valence-electron chi connectivity index (χ2n) is 5.52. The zero-order valence-corrected chi connectivity index (χ0v) is 12.2. The minimum Gasteiger partial charge on any atom is -0.388 e. The monoisotopic (exact) mass is 254 g/mol. The van der Waals surface area contributed by atoms with Gasteiger partial charge in [-0.3, -0.25) is 0 Å². The van der Waals surface area contributed by atoms with Crippen LogP contribution in [-0.4, -0.2) is 5.11 Å². The first-order valence-corrected chi connectivity index (χ1v) is 6.78. The summed E-state index contributed by atoms with van der Waals surface area (Å²) in [5.41, 5.74) is 7.11. The lowest BCUT2D eigenvalue weighted by molar-refractivity contribution is 0.177. The van der Waals surface area contributed by atoms with E-state index in [0.717, 1.165) is 16.7 Å². The summed E-state index contributed by atoms with van der Waals surface area (Å²) in [6.07, 6.45) is 0.246. The molecule has 19 heavy (non-hydrogen) atoms. The van der Waals surface area contributed by atoms with Crippen molar-refractivity contribution in [1.29, 1.82) is 0 Å². The molecule has 0 fully saturated rings. The third-order valence-electron chi connectivity index (χ3n) is 3.59. The van der Waals surface area contributed by atoms with Crippen molar-refractivity contribution in [1.82, 2.24) is 0 Å². The number of hydrogen-bond donors (Lipinski definition) is 1. The molecule has 0 aliphatic rings. The molecule has 0 aromatic heterocycles. The molecule has 0 saturated carbocycles. The Morgan fingerprint density at radius 2 is 1.42 bits per heavy atom. The van der Waals surface area contributed by atoms with Gasteiger partial charge in [-0.1, -0.05) is 47.5 Å². The van der Waals surface area contributed by atoms with Gasteiger partial charge in [-0.25, -0.2) is 0 Å². The van der Waals surface area contributed by atoms with Crippen LogP contribution in [0.15, 0.2) is 36.4 Å². The number of rotatable bonds is 3. The zero-order valence-electron chi connectivity index (χ0n) is 12.2. The summed E-state index contributed by atoms with van der Waals surface area (Å²) >= 11 is 0. The average Bonchev–Trinajstić information content (AvgIpc) is 2.26. The minimum atomic E-state index is -0.428. The maximum atomic E-state index is 10.5. The highest BCUT2D eigenvalue weighted by Gasteiger charge is 2.13. The van der Waals surface area contributed by atoms with Crippen LogP contribution in [0, 0.1) is 27.7 Å². The van der Waals surface area contributed by atoms with Gasteiger partial charge in [0.15, 0.2) is 0 Å². The van der Waals surface area contributed by atoms with Gasteiger partial charge in [0.25, 0.3) is 0 Å². The first-order chi connectivity index (χ1) is 8.97. The van der Waals surface area contributed by atoms with E-state index in [1.165, 1.54) is 16.7 Å². The van der Waals surface area contributed by atoms with Gasteiger partial charge < -0.3 is 5.11 Å². The van der Waals surface area contributed by atoms with E-state index in [1.807, 2.05) is 6.07 Å². The van der Waals surface area contributed by atoms with Crippen molar-refractivity contribution in [3.8, 4) is 0 Å². The molecule has 0 bridgehead atoms. The molecule has 0 aliphatic carbocycles. The SMILES string of the molecule is Cc1cc(C)cc(CC(O)c2c(C)cccc2C)c1. The van der Waals surface area contributed by atoms with Crippen molar-refractivity contribution < 1.29 is 5.11 Å². The van der Waals surface area contributed by atoms with Crippen LogP contribution in [0.25, 0.3) is 0 Å². The number of aryl methyl sites for hydroxylation is 4. The third-order valence-corrected chi connectivity index (χ3v) is 3.59. The molecule has 0 spiro atoms. The zero-order chi connectivity index (χ0) is 14.0. The van der Waals surface area contributed by atoms with Gasteiger partial charge in [-0.15, -0.1) is 0 Å². The normalized spacial score (nSPS) is 12.5. The predicted molar refractivity (Wildman–Crippen MR) is 80.5 cm³/mol. The Hall–Kier alpha value is -1.60. The number of hydrogen-bond acceptors (Lipinski definition) is 1. The molecule has 2 aromatic carbocycles. The molecule has 1 unspecified atom stereocenters. The van der Waals surface area contributed by atoms with Crippen LogP contribution in [0.1, 0.15) is 39.5 Å². The summed E-state index contributed by atoms with van der Waals surface area (Å²) < 4.78 is 0. The topological polar surface area (TPSA) is 20.2 Å². The van der Waals surface area contributed by atoms with Crippen molar-refractivity contribution >= 4 is 0 Å². The Bertz CT molecular complexity index is 544. The van der Waals surface area contributed by atoms with E-state index in [1.54, 1.807) is 0 Å². The third kappa shape index (κ3) is 3.24. The smallest absolute Gasteiger partial charge is 0.0835 e. The van der Waals surface area contributed by atoms with Crippen LogP contribution in [0.2, 0.25) is 0 Å². The molecular formula is C18H22O. The van der Waals surface area contributed by atoms with Gasteiger partial charge in [0.1, 0.15) is 0 Å². The van der Waals surface area contributed by atoms with Gasteiger partial charge >= 0.3 is 0 Å². The molecule has 1 nitrogen and oxygen atoms in total. The highest BCUT2D eigenvalue weighted by atomic mass is 16.3. The molecule has 100 valence electrons. The van der Waals surface area contributed by atoms with E-state index in [9.17, 15) is 5.11 Å². The van der Waals surface area contributed by atoms with Gasteiger partial charge in [0, 0.05) is 6.42 Å². The van der Waals surface area contributed by atoms with E-state index < -0.39 is 6.10 Å². The molecule has 1 atom stereocenters. The molecular weight excluding hydrogens is 232 g/mol. The summed E-state index contributed by atoms with van der Waals surface area (Å²) in [6, 6.07) is 12.6. The minimum absolute atomic E-state index is 0.428. The second kappa shape index (κ2) is 5.58. The van der Waals surface area contributed by atoms with Crippen LogP contribution >= 0.6 is 0 Å². The Labute approximate surface area is 115 Å². The second-order valence-corrected chi connectivity index (χ2v) is 5.52. The average molecular weight is 254 g/mol. The number of benzene rings is 2. The lowest BCUT2D eigenvalue weighted by Crippen LogP contribution is -2.06. The lowest BCUT2D eigenvalue weighted by atomic mass is 9.93. The van der Waals surface area contributed by atoms with Crippen molar-refractivity contribution in [2.75, 3.05) is 0 Å². The van der Waals surface area contributed by atoms with Gasteiger partial charge in [0.05, 0.1) is 6.10 Å². The first kappa shape index (κ1) is 13.8. The van der Waals surface area contributed by atoms with Crippen molar-refractivity contribution in [3.05, 3.63) is 69.8 Å². The summed E-state index contributed by atoms with van der Waals surface area (Å²) in [6.45, 7) is 8.32. The van der Waals surface area contributed by atoms with Gasteiger partial charge in [-0.2, -0.15) is 0 Å². The van der Waals surface area contributed by atoms with Crippen LogP contribution in [0.4, 0.5) is 0 Å².